The topological polar surface area (TPSA) is 46.2 Å². The summed E-state index contributed by atoms with van der Waals surface area (Å²) in [5.74, 6) is -0.755. The van der Waals surface area contributed by atoms with E-state index in [0.717, 1.165) is 5.56 Å². The number of halogens is 1. The Morgan fingerprint density at radius 1 is 1.36 bits per heavy atom. The monoisotopic (exact) mass is 197 g/mol. The van der Waals surface area contributed by atoms with Crippen molar-refractivity contribution in [2.75, 3.05) is 0 Å². The molecule has 0 amide bonds. The first kappa shape index (κ1) is 11.0. The van der Waals surface area contributed by atoms with E-state index >= 15 is 0 Å². The minimum absolute atomic E-state index is 0.168. The van der Waals surface area contributed by atoms with Gasteiger partial charge in [-0.25, -0.2) is 4.39 Å². The van der Waals surface area contributed by atoms with Crippen LogP contribution < -0.4 is 5.73 Å². The van der Waals surface area contributed by atoms with Crippen molar-refractivity contribution in [1.29, 1.82) is 0 Å². The van der Waals surface area contributed by atoms with Crippen LogP contribution in [0.15, 0.2) is 12.1 Å². The predicted molar refractivity (Wildman–Crippen MR) is 54.6 cm³/mol. The van der Waals surface area contributed by atoms with Gasteiger partial charge in [0.15, 0.2) is 11.6 Å². The molecule has 0 unspecified atom stereocenters. The zero-order chi connectivity index (χ0) is 10.9. The van der Waals surface area contributed by atoms with E-state index in [2.05, 4.69) is 0 Å². The molecule has 0 aliphatic rings. The maximum absolute atomic E-state index is 13.1. The minimum atomic E-state index is -0.610. The van der Waals surface area contributed by atoms with Crippen LogP contribution in [0.1, 0.15) is 31.0 Å². The highest BCUT2D eigenvalue weighted by molar-refractivity contribution is 5.42. The summed E-state index contributed by atoms with van der Waals surface area (Å²) in [6, 6.07) is 2.55. The van der Waals surface area contributed by atoms with Gasteiger partial charge >= 0.3 is 0 Å². The first-order chi connectivity index (χ1) is 6.45. The van der Waals surface area contributed by atoms with E-state index in [1.54, 1.807) is 6.07 Å². The number of hydrogen-bond donors (Lipinski definition) is 2. The van der Waals surface area contributed by atoms with Crippen molar-refractivity contribution in [3.8, 4) is 5.75 Å². The fourth-order valence-corrected chi connectivity index (χ4v) is 1.44. The maximum Gasteiger partial charge on any atom is 0.165 e. The second-order valence-corrected chi connectivity index (χ2v) is 3.90. The first-order valence-corrected chi connectivity index (χ1v) is 4.68. The minimum Gasteiger partial charge on any atom is -0.505 e. The number of aryl methyl sites for hydroxylation is 1. The van der Waals surface area contributed by atoms with Crippen molar-refractivity contribution in [3.05, 3.63) is 29.1 Å². The van der Waals surface area contributed by atoms with Gasteiger partial charge in [-0.1, -0.05) is 19.9 Å². The van der Waals surface area contributed by atoms with Gasteiger partial charge in [0.1, 0.15) is 0 Å². The molecule has 0 aromatic heterocycles. The molecule has 0 saturated heterocycles. The molecule has 1 aromatic rings. The highest BCUT2D eigenvalue weighted by Crippen LogP contribution is 2.32. The number of phenolic OH excluding ortho intramolecular Hbond substituents is 1. The normalized spacial score (nSPS) is 13.3. The molecule has 1 aromatic carbocycles. The number of rotatable bonds is 2. The van der Waals surface area contributed by atoms with E-state index < -0.39 is 5.82 Å². The van der Waals surface area contributed by atoms with Gasteiger partial charge in [0, 0.05) is 11.6 Å². The molecule has 0 saturated carbocycles. The van der Waals surface area contributed by atoms with Crippen LogP contribution in [0.5, 0.6) is 5.75 Å². The van der Waals surface area contributed by atoms with Crippen molar-refractivity contribution in [2.45, 2.75) is 26.8 Å². The van der Waals surface area contributed by atoms with E-state index in [0.29, 0.717) is 5.56 Å². The Bertz CT molecular complexity index is 336. The second-order valence-electron chi connectivity index (χ2n) is 3.90. The van der Waals surface area contributed by atoms with Gasteiger partial charge in [-0.3, -0.25) is 0 Å². The molecule has 3 N–H and O–H groups in total. The lowest BCUT2D eigenvalue weighted by atomic mass is 9.92. The average Bonchev–Trinajstić information content (AvgIpc) is 2.12. The summed E-state index contributed by atoms with van der Waals surface area (Å²) < 4.78 is 13.1. The highest BCUT2D eigenvalue weighted by atomic mass is 19.1. The summed E-state index contributed by atoms with van der Waals surface area (Å²) in [4.78, 5) is 0. The lowest BCUT2D eigenvalue weighted by molar-refractivity contribution is 0.406. The van der Waals surface area contributed by atoms with Gasteiger partial charge in [0.25, 0.3) is 0 Å². The molecule has 0 heterocycles. The molecule has 1 atom stereocenters. The Kier molecular flexibility index (Phi) is 3.11. The molecule has 1 rings (SSSR count). The standard InChI is InChI=1S/C11H16FNO/c1-6(2)10(13)9-7(3)4-5-8(12)11(9)14/h4-6,10,14H,13H2,1-3H3/t10-/m1/s1. The first-order valence-electron chi connectivity index (χ1n) is 4.68. The molecule has 78 valence electrons. The maximum atomic E-state index is 13.1. The van der Waals surface area contributed by atoms with Crippen LogP contribution in [0.4, 0.5) is 4.39 Å². The van der Waals surface area contributed by atoms with Crippen LogP contribution in [-0.4, -0.2) is 5.11 Å². The van der Waals surface area contributed by atoms with Gasteiger partial charge in [-0.2, -0.15) is 0 Å². The van der Waals surface area contributed by atoms with Crippen molar-refractivity contribution in [1.82, 2.24) is 0 Å². The average molecular weight is 197 g/mol. The smallest absolute Gasteiger partial charge is 0.165 e. The summed E-state index contributed by atoms with van der Waals surface area (Å²) in [7, 11) is 0. The van der Waals surface area contributed by atoms with Gasteiger partial charge in [0.2, 0.25) is 0 Å². The molecule has 0 fully saturated rings. The van der Waals surface area contributed by atoms with E-state index in [1.807, 2.05) is 20.8 Å². The summed E-state index contributed by atoms with van der Waals surface area (Å²) in [5.41, 5.74) is 7.22. The van der Waals surface area contributed by atoms with Gasteiger partial charge < -0.3 is 10.8 Å². The molecule has 2 nitrogen and oxygen atoms in total. The third-order valence-corrected chi connectivity index (χ3v) is 2.44. The van der Waals surface area contributed by atoms with Gasteiger partial charge in [0.05, 0.1) is 0 Å². The number of aromatic hydroxyl groups is 1. The number of nitrogens with two attached hydrogens (primary N) is 1. The second kappa shape index (κ2) is 3.96. The van der Waals surface area contributed by atoms with Crippen molar-refractivity contribution < 1.29 is 9.50 Å². The van der Waals surface area contributed by atoms with Gasteiger partial charge in [-0.05, 0) is 24.5 Å². The van der Waals surface area contributed by atoms with Crippen LogP contribution in [0.2, 0.25) is 0 Å². The molecule has 3 heteroatoms. The van der Waals surface area contributed by atoms with Crippen molar-refractivity contribution >= 4 is 0 Å². The Morgan fingerprint density at radius 3 is 2.43 bits per heavy atom. The SMILES string of the molecule is Cc1ccc(F)c(O)c1[C@H](N)C(C)C. The Labute approximate surface area is 83.6 Å². The largest absolute Gasteiger partial charge is 0.505 e. The quantitative estimate of drug-likeness (QED) is 0.765. The zero-order valence-electron chi connectivity index (χ0n) is 8.71. The lowest BCUT2D eigenvalue weighted by Gasteiger charge is -2.19. The van der Waals surface area contributed by atoms with Crippen molar-refractivity contribution in [3.63, 3.8) is 0 Å². The zero-order valence-corrected chi connectivity index (χ0v) is 8.71. The fraction of sp³-hybridized carbons (Fsp3) is 0.455. The summed E-state index contributed by atoms with van der Waals surface area (Å²) in [5, 5.41) is 9.54. The Morgan fingerprint density at radius 2 is 1.93 bits per heavy atom. The van der Waals surface area contributed by atoms with Crippen LogP contribution in [0.25, 0.3) is 0 Å². The molecule has 0 aliphatic heterocycles. The van der Waals surface area contributed by atoms with E-state index in [4.69, 9.17) is 5.73 Å². The Balaban J connectivity index is 3.25. The van der Waals surface area contributed by atoms with E-state index in [1.165, 1.54) is 6.07 Å². The molecule has 0 bridgehead atoms. The van der Waals surface area contributed by atoms with Gasteiger partial charge in [-0.15, -0.1) is 0 Å². The summed E-state index contributed by atoms with van der Waals surface area (Å²) >= 11 is 0. The van der Waals surface area contributed by atoms with Crippen LogP contribution in [0, 0.1) is 18.7 Å². The Hall–Kier alpha value is -1.09. The third-order valence-electron chi connectivity index (χ3n) is 2.44. The van der Waals surface area contributed by atoms with E-state index in [-0.39, 0.29) is 17.7 Å². The predicted octanol–water partition coefficient (Wildman–Crippen LogP) is 2.50. The summed E-state index contributed by atoms with van der Waals surface area (Å²) in [6.07, 6.45) is 0. The van der Waals surface area contributed by atoms with E-state index in [9.17, 15) is 9.50 Å². The fourth-order valence-electron chi connectivity index (χ4n) is 1.44. The third kappa shape index (κ3) is 1.87. The molecule has 14 heavy (non-hydrogen) atoms. The van der Waals surface area contributed by atoms with Crippen LogP contribution in [0.3, 0.4) is 0 Å². The number of hydrogen-bond acceptors (Lipinski definition) is 2. The van der Waals surface area contributed by atoms with Crippen LogP contribution in [-0.2, 0) is 0 Å². The van der Waals surface area contributed by atoms with Crippen LogP contribution >= 0.6 is 0 Å². The molecule has 0 aliphatic carbocycles. The molecular formula is C11H16FNO. The molecular weight excluding hydrogens is 181 g/mol. The number of benzene rings is 1. The molecule has 0 spiro atoms. The highest BCUT2D eigenvalue weighted by Gasteiger charge is 2.19. The molecule has 0 radical (unpaired) electrons. The van der Waals surface area contributed by atoms with Crippen molar-refractivity contribution in [2.24, 2.45) is 11.7 Å². The lowest BCUT2D eigenvalue weighted by Crippen LogP contribution is -2.18. The number of phenols is 1. The summed E-state index contributed by atoms with van der Waals surface area (Å²) in [6.45, 7) is 5.69.